The molecule has 0 saturated heterocycles. The molecule has 0 aromatic heterocycles. The van der Waals surface area contributed by atoms with Gasteiger partial charge in [-0.05, 0) is 37.5 Å². The summed E-state index contributed by atoms with van der Waals surface area (Å²) in [6.07, 6.45) is 1.87. The fraction of sp³-hybridized carbons (Fsp3) is 0.588. The zero-order valence-corrected chi connectivity index (χ0v) is 17.6. The third-order valence-electron chi connectivity index (χ3n) is 4.43. The zero-order valence-electron chi connectivity index (χ0n) is 15.3. The van der Waals surface area contributed by atoms with Crippen LogP contribution < -0.4 is 0 Å². The van der Waals surface area contributed by atoms with Crippen molar-refractivity contribution >= 4 is 38.9 Å². The molecule has 1 rings (SSSR count). The first-order valence-corrected chi connectivity index (χ1v) is 10.8. The fourth-order valence-corrected chi connectivity index (χ4v) is 3.54. The molecule has 0 aliphatic carbocycles. The summed E-state index contributed by atoms with van der Waals surface area (Å²) >= 11 is 11.6. The highest BCUT2D eigenvalue weighted by molar-refractivity contribution is 7.90. The van der Waals surface area contributed by atoms with Gasteiger partial charge in [0.05, 0.1) is 17.5 Å². The van der Waals surface area contributed by atoms with Crippen LogP contribution >= 0.6 is 23.2 Å². The average molecular weight is 426 g/mol. The Morgan fingerprint density at radius 2 is 1.85 bits per heavy atom. The Bertz CT molecular complexity index is 702. The first-order valence-electron chi connectivity index (χ1n) is 8.06. The lowest BCUT2D eigenvalue weighted by Crippen LogP contribution is -2.59. The van der Waals surface area contributed by atoms with E-state index in [4.69, 9.17) is 27.9 Å². The number of aliphatic hydroxyl groups is 1. The molecule has 9 heteroatoms. The number of alkyl halides is 2. The number of methoxy groups -OCH3 is 1. The molecule has 1 aromatic carbocycles. The summed E-state index contributed by atoms with van der Waals surface area (Å²) in [6.45, 7) is 3.23. The van der Waals surface area contributed by atoms with Gasteiger partial charge in [-0.1, -0.05) is 42.3 Å². The number of carbonyl (C=O) groups excluding carboxylic acids is 1. The van der Waals surface area contributed by atoms with E-state index in [1.54, 1.807) is 19.1 Å². The van der Waals surface area contributed by atoms with Gasteiger partial charge in [-0.3, -0.25) is 4.79 Å². The van der Waals surface area contributed by atoms with E-state index < -0.39 is 32.3 Å². The fourth-order valence-electron chi connectivity index (χ4n) is 2.70. The normalized spacial score (nSPS) is 15.5. The molecule has 148 valence electrons. The Morgan fingerprint density at radius 1 is 1.31 bits per heavy atom. The van der Waals surface area contributed by atoms with Gasteiger partial charge in [-0.15, -0.1) is 0 Å². The van der Waals surface area contributed by atoms with Crippen molar-refractivity contribution in [1.82, 2.24) is 4.90 Å². The molecule has 0 spiro atoms. The molecule has 1 aromatic rings. The van der Waals surface area contributed by atoms with Crippen molar-refractivity contribution in [2.45, 2.75) is 48.2 Å². The molecule has 1 N–H and O–H groups in total. The van der Waals surface area contributed by atoms with Crippen LogP contribution in [-0.2, 0) is 25.8 Å². The maximum atomic E-state index is 12.6. The monoisotopic (exact) mass is 425 g/mol. The third-order valence-corrected chi connectivity index (χ3v) is 5.93. The summed E-state index contributed by atoms with van der Waals surface area (Å²) in [7, 11) is -1.83. The topological polar surface area (TPSA) is 83.9 Å². The van der Waals surface area contributed by atoms with Crippen LogP contribution in [0.4, 0.5) is 0 Å². The number of nitrogens with zero attached hydrogens (tertiary/aromatic N) is 1. The summed E-state index contributed by atoms with van der Waals surface area (Å²) in [5.41, 5.74) is -0.247. The van der Waals surface area contributed by atoms with Crippen LogP contribution in [0, 0.1) is 0 Å². The van der Waals surface area contributed by atoms with E-state index in [1.165, 1.54) is 24.1 Å². The van der Waals surface area contributed by atoms with Gasteiger partial charge in [0, 0.05) is 13.4 Å². The average Bonchev–Trinajstić information content (AvgIpc) is 2.60. The quantitative estimate of drug-likeness (QED) is 0.484. The van der Waals surface area contributed by atoms with Crippen molar-refractivity contribution in [3.8, 4) is 0 Å². The van der Waals surface area contributed by atoms with Crippen LogP contribution in [0.5, 0.6) is 0 Å². The highest BCUT2D eigenvalue weighted by Crippen LogP contribution is 2.27. The van der Waals surface area contributed by atoms with Gasteiger partial charge < -0.3 is 14.7 Å². The Morgan fingerprint density at radius 3 is 2.19 bits per heavy atom. The Balaban J connectivity index is 3.20. The SMILES string of the molecule is CCC(C)(OC)N(C(=O)C(Cl)Cl)[C@H](CO)Cc1ccc(S(C)(=O)=O)cc1. The summed E-state index contributed by atoms with van der Waals surface area (Å²) in [4.78, 5) is 12.8. The van der Waals surface area contributed by atoms with Crippen LogP contribution in [-0.4, -0.2) is 60.9 Å². The van der Waals surface area contributed by atoms with E-state index >= 15 is 0 Å². The van der Waals surface area contributed by atoms with Crippen molar-refractivity contribution in [3.05, 3.63) is 29.8 Å². The molecule has 1 unspecified atom stereocenters. The van der Waals surface area contributed by atoms with Crippen molar-refractivity contribution in [2.75, 3.05) is 20.0 Å². The molecule has 1 amide bonds. The van der Waals surface area contributed by atoms with Crippen LogP contribution in [0.2, 0.25) is 0 Å². The van der Waals surface area contributed by atoms with E-state index in [0.717, 1.165) is 11.8 Å². The number of benzene rings is 1. The molecule has 6 nitrogen and oxygen atoms in total. The van der Waals surface area contributed by atoms with Crippen molar-refractivity contribution in [3.63, 3.8) is 0 Å². The minimum Gasteiger partial charge on any atom is -0.394 e. The molecule has 2 atom stereocenters. The lowest BCUT2D eigenvalue weighted by Gasteiger charge is -2.44. The molecule has 0 aliphatic heterocycles. The van der Waals surface area contributed by atoms with E-state index in [-0.39, 0.29) is 17.9 Å². The first-order chi connectivity index (χ1) is 12.0. The number of ether oxygens (including phenoxy) is 1. The van der Waals surface area contributed by atoms with Gasteiger partial charge in [0.15, 0.2) is 14.7 Å². The summed E-state index contributed by atoms with van der Waals surface area (Å²) in [5.74, 6) is -0.564. The number of carbonyl (C=O) groups is 1. The van der Waals surface area contributed by atoms with E-state index in [1.807, 2.05) is 6.92 Å². The minimum atomic E-state index is -3.29. The van der Waals surface area contributed by atoms with Crippen molar-refractivity contribution in [1.29, 1.82) is 0 Å². The van der Waals surface area contributed by atoms with Gasteiger partial charge in [-0.2, -0.15) is 0 Å². The first kappa shape index (κ1) is 23.2. The number of rotatable bonds is 9. The third kappa shape index (κ3) is 5.57. The second-order valence-electron chi connectivity index (χ2n) is 6.20. The van der Waals surface area contributed by atoms with E-state index in [9.17, 15) is 18.3 Å². The van der Waals surface area contributed by atoms with Crippen LogP contribution in [0.15, 0.2) is 29.2 Å². The smallest absolute Gasteiger partial charge is 0.258 e. The lowest BCUT2D eigenvalue weighted by molar-refractivity contribution is -0.174. The number of hydrogen-bond acceptors (Lipinski definition) is 5. The Hall–Kier alpha value is -0.860. The molecule has 0 fully saturated rings. The predicted molar refractivity (Wildman–Crippen MR) is 102 cm³/mol. The number of aliphatic hydroxyl groups excluding tert-OH is 1. The summed E-state index contributed by atoms with van der Waals surface area (Å²) < 4.78 is 28.6. The van der Waals surface area contributed by atoms with E-state index in [2.05, 4.69) is 0 Å². The second-order valence-corrected chi connectivity index (χ2v) is 9.31. The largest absolute Gasteiger partial charge is 0.394 e. The van der Waals surface area contributed by atoms with Gasteiger partial charge in [0.1, 0.15) is 5.72 Å². The van der Waals surface area contributed by atoms with Gasteiger partial charge >= 0.3 is 0 Å². The Kier molecular flexibility index (Phi) is 8.35. The lowest BCUT2D eigenvalue weighted by atomic mass is 10.0. The number of halogens is 2. The maximum absolute atomic E-state index is 12.6. The maximum Gasteiger partial charge on any atom is 0.258 e. The highest BCUT2D eigenvalue weighted by atomic mass is 35.5. The van der Waals surface area contributed by atoms with Gasteiger partial charge in [0.2, 0.25) is 0 Å². The molecular formula is C17H25Cl2NO5S. The van der Waals surface area contributed by atoms with Crippen LogP contribution in [0.1, 0.15) is 25.8 Å². The molecule has 0 bridgehead atoms. The van der Waals surface area contributed by atoms with Crippen molar-refractivity contribution < 1.29 is 23.1 Å². The molecule has 26 heavy (non-hydrogen) atoms. The molecular weight excluding hydrogens is 401 g/mol. The molecule has 0 radical (unpaired) electrons. The van der Waals surface area contributed by atoms with Gasteiger partial charge in [0.25, 0.3) is 5.91 Å². The molecule has 0 saturated carbocycles. The molecule has 0 aliphatic rings. The number of amides is 1. The number of hydrogen-bond donors (Lipinski definition) is 1. The van der Waals surface area contributed by atoms with Crippen LogP contribution in [0.3, 0.4) is 0 Å². The zero-order chi connectivity index (χ0) is 20.1. The Labute approximate surface area is 165 Å². The van der Waals surface area contributed by atoms with E-state index in [0.29, 0.717) is 6.42 Å². The minimum absolute atomic E-state index is 0.201. The van der Waals surface area contributed by atoms with Crippen LogP contribution in [0.25, 0.3) is 0 Å². The predicted octanol–water partition coefficient (Wildman–Crippen LogP) is 2.40. The second kappa shape index (κ2) is 9.37. The van der Waals surface area contributed by atoms with Crippen molar-refractivity contribution in [2.24, 2.45) is 0 Å². The highest BCUT2D eigenvalue weighted by Gasteiger charge is 2.40. The standard InChI is InChI=1S/C17H25Cl2NO5S/c1-5-17(2,25-3)20(16(22)15(18)19)13(11-21)10-12-6-8-14(9-7-12)26(4,23)24/h6-9,13,15,21H,5,10-11H2,1-4H3/t13-,17?/m0/s1. The summed E-state index contributed by atoms with van der Waals surface area (Å²) in [5, 5.41) is 9.90. The molecule has 0 heterocycles. The number of sulfone groups is 1. The summed E-state index contributed by atoms with van der Waals surface area (Å²) in [6, 6.07) is 5.64. The van der Waals surface area contributed by atoms with Gasteiger partial charge in [-0.25, -0.2) is 8.42 Å².